The molecule has 2 aromatic heterocycles. The molecule has 2 aliphatic carbocycles. The molecule has 8 rings (SSSR count). The highest BCUT2D eigenvalue weighted by Gasteiger charge is 2.92. The van der Waals surface area contributed by atoms with Gasteiger partial charge in [0, 0.05) is 45.3 Å². The van der Waals surface area contributed by atoms with E-state index in [1.165, 1.54) is 108 Å². The Morgan fingerprint density at radius 3 is 1.90 bits per heavy atom. The number of hydrogen-bond donors (Lipinski definition) is 1. The van der Waals surface area contributed by atoms with Gasteiger partial charge in [-0.3, -0.25) is 29.1 Å². The molecule has 0 amide bonds. The van der Waals surface area contributed by atoms with Crippen LogP contribution in [0, 0.1) is 17.3 Å². The third-order valence-electron chi connectivity index (χ3n) is 15.9. The maximum Gasteiger partial charge on any atom is 0.350 e. The van der Waals surface area contributed by atoms with Gasteiger partial charge in [-0.1, -0.05) is 32.0 Å². The maximum absolute atomic E-state index is 15.5. The van der Waals surface area contributed by atoms with Gasteiger partial charge in [-0.15, -0.1) is 0 Å². The van der Waals surface area contributed by atoms with Crippen molar-refractivity contribution in [1.82, 2.24) is 9.97 Å². The zero-order chi connectivity index (χ0) is 61.4. The second-order valence-electron chi connectivity index (χ2n) is 21.6. The van der Waals surface area contributed by atoms with Crippen molar-refractivity contribution in [2.45, 2.75) is 127 Å². The van der Waals surface area contributed by atoms with Crippen LogP contribution < -0.4 is 14.2 Å². The summed E-state index contributed by atoms with van der Waals surface area (Å²) in [5.74, 6) is -15.0. The zero-order valence-corrected chi connectivity index (χ0v) is 48.0. The second-order valence-corrected chi connectivity index (χ2v) is 21.6. The summed E-state index contributed by atoms with van der Waals surface area (Å²) in [6, 6.07) is 15.1. The number of aromatic nitrogens is 2. The minimum Gasteiger partial charge on any atom is -0.493 e. The van der Waals surface area contributed by atoms with Crippen LogP contribution >= 0.6 is 0 Å². The lowest BCUT2D eigenvalue weighted by Gasteiger charge is -2.67. The summed E-state index contributed by atoms with van der Waals surface area (Å²) in [5, 5.41) is 14.3. The maximum atomic E-state index is 15.5. The van der Waals surface area contributed by atoms with Crippen LogP contribution in [0.5, 0.6) is 17.2 Å². The quantitative estimate of drug-likeness (QED) is 0.125. The zero-order valence-electron chi connectivity index (χ0n) is 48.0. The topological polar surface area (TPSA) is 320 Å². The highest BCUT2D eigenvalue weighted by atomic mass is 16.7. The molecule has 25 nitrogen and oxygen atoms in total. The van der Waals surface area contributed by atoms with Crippen molar-refractivity contribution < 1.29 is 110 Å². The summed E-state index contributed by atoms with van der Waals surface area (Å²) in [6.07, 6.45) is -10.3. The number of esters is 9. The minimum absolute atomic E-state index is 0.0326. The summed E-state index contributed by atoms with van der Waals surface area (Å²) in [4.78, 5) is 140. The number of nitrogens with zero attached hydrogens (tertiary/aromatic N) is 2. The fourth-order valence-electron chi connectivity index (χ4n) is 12.0. The first-order valence-electron chi connectivity index (χ1n) is 26.5. The highest BCUT2D eigenvalue weighted by molar-refractivity contribution is 5.93. The van der Waals surface area contributed by atoms with Gasteiger partial charge in [0.15, 0.2) is 41.5 Å². The van der Waals surface area contributed by atoms with E-state index in [9.17, 15) is 29.1 Å². The standard InChI is InChI=1S/C59H64N2O23/c1-29-30(2)49(65)80-46-44(77-31(3)62)48(81-51(67)34-18-14-13-15-19-34)58(28-76-50(66)35-20-16-22-60-26-35)47(82-54(70)55(6,7)83-33(5)64)43(79-52(68)36-24-38(72-10)42(74-12)39(25-36)73-11)40-45(78-32(4)63)59(58,57(46,9)71)84-56(40,8)27-75-53(69)37-21-17-23-61-41(29)37/h13-26,29-30,40,43-48,71H,27-28H2,1-12H3. The predicted molar refractivity (Wildman–Crippen MR) is 283 cm³/mol. The molecule has 1 saturated heterocycles. The summed E-state index contributed by atoms with van der Waals surface area (Å²) < 4.78 is 80.9. The van der Waals surface area contributed by atoms with E-state index >= 15 is 19.2 Å². The number of ether oxygens (including phenoxy) is 13. The monoisotopic (exact) mass is 1170 g/mol. The van der Waals surface area contributed by atoms with E-state index in [1.54, 1.807) is 13.0 Å². The van der Waals surface area contributed by atoms with Gasteiger partial charge in [0.2, 0.25) is 11.4 Å². The summed E-state index contributed by atoms with van der Waals surface area (Å²) in [6.45, 7) is 8.15. The van der Waals surface area contributed by atoms with Crippen LogP contribution in [0.3, 0.4) is 0 Å². The molecule has 3 fully saturated rings. The van der Waals surface area contributed by atoms with E-state index in [0.717, 1.165) is 47.7 Å². The van der Waals surface area contributed by atoms with Gasteiger partial charge in [-0.25, -0.2) is 24.0 Å². The molecule has 448 valence electrons. The van der Waals surface area contributed by atoms with E-state index < -0.39 is 149 Å². The minimum atomic E-state index is -3.12. The number of carbonyl (C=O) groups is 9. The Bertz CT molecular complexity index is 3220. The first-order chi connectivity index (χ1) is 39.6. The van der Waals surface area contributed by atoms with E-state index in [2.05, 4.69) is 9.97 Å². The third kappa shape index (κ3) is 10.7. The number of fused-ring (bicyclic) bond motifs is 5. The number of pyridine rings is 2. The van der Waals surface area contributed by atoms with Gasteiger partial charge < -0.3 is 66.7 Å². The van der Waals surface area contributed by atoms with Gasteiger partial charge in [0.25, 0.3) is 0 Å². The lowest BCUT2D eigenvalue weighted by Crippen LogP contribution is -2.89. The van der Waals surface area contributed by atoms with Crippen LogP contribution in [0.1, 0.15) is 115 Å². The van der Waals surface area contributed by atoms with Crippen molar-refractivity contribution in [2.24, 2.45) is 17.3 Å². The van der Waals surface area contributed by atoms with Crippen LogP contribution in [0.15, 0.2) is 85.3 Å². The molecule has 25 heteroatoms. The predicted octanol–water partition coefficient (Wildman–Crippen LogP) is 4.66. The largest absolute Gasteiger partial charge is 0.493 e. The molecule has 4 bridgehead atoms. The fraction of sp³-hybridized carbons (Fsp3) is 0.475. The van der Waals surface area contributed by atoms with Gasteiger partial charge in [0.05, 0.1) is 61.1 Å². The Kier molecular flexibility index (Phi) is 17.2. The molecule has 13 atom stereocenters. The molecule has 2 aromatic carbocycles. The lowest BCUT2D eigenvalue weighted by atomic mass is 9.45. The summed E-state index contributed by atoms with van der Waals surface area (Å²) in [7, 11) is 3.84. The normalized spacial score (nSPS) is 29.6. The molecule has 13 unspecified atom stereocenters. The van der Waals surface area contributed by atoms with Crippen molar-refractivity contribution >= 4 is 53.7 Å². The smallest absolute Gasteiger partial charge is 0.350 e. The first kappa shape index (κ1) is 61.4. The third-order valence-corrected chi connectivity index (χ3v) is 15.9. The van der Waals surface area contributed by atoms with E-state index in [4.69, 9.17) is 61.6 Å². The number of methoxy groups -OCH3 is 3. The highest BCUT2D eigenvalue weighted by Crippen LogP contribution is 2.70. The Morgan fingerprint density at radius 1 is 0.690 bits per heavy atom. The van der Waals surface area contributed by atoms with Crippen molar-refractivity contribution in [2.75, 3.05) is 34.5 Å². The average molecular weight is 1170 g/mol. The van der Waals surface area contributed by atoms with Crippen LogP contribution in [0.25, 0.3) is 0 Å². The molecule has 1 spiro atoms. The van der Waals surface area contributed by atoms with Crippen molar-refractivity contribution in [3.63, 3.8) is 0 Å². The number of rotatable bonds is 15. The SMILES string of the molecule is COc1cc(C(=O)OC2C3C(OC(C)=O)C45OC3(C)COC(=O)c3cccnc3C(C)C(C)C(=O)OC(C(OC(C)=O)C(OC(=O)c3ccccc3)C4(COC(=O)c3cccnc3)C2OC(=O)C(C)(C)OC(C)=O)C5(C)O)cc(OC)c1OC. The first-order valence-corrected chi connectivity index (χ1v) is 26.5. The molecule has 4 heterocycles. The molecule has 4 aliphatic rings. The van der Waals surface area contributed by atoms with Crippen LogP contribution in [0.4, 0.5) is 0 Å². The second kappa shape index (κ2) is 23.5. The summed E-state index contributed by atoms with van der Waals surface area (Å²) in [5.41, 5.74) is -14.9. The molecule has 1 N–H and O–H groups in total. The van der Waals surface area contributed by atoms with Gasteiger partial charge in [0.1, 0.15) is 42.0 Å². The van der Waals surface area contributed by atoms with Crippen LogP contribution in [0.2, 0.25) is 0 Å². The molecule has 2 aliphatic heterocycles. The number of hydrogen-bond acceptors (Lipinski definition) is 25. The molecule has 4 aromatic rings. The Hall–Kier alpha value is -8.71. The fourth-order valence-corrected chi connectivity index (χ4v) is 12.0. The number of carbonyl (C=O) groups excluding carboxylic acids is 9. The Morgan fingerprint density at radius 2 is 1.31 bits per heavy atom. The van der Waals surface area contributed by atoms with Crippen LogP contribution in [-0.2, 0) is 71.3 Å². The molecule has 84 heavy (non-hydrogen) atoms. The summed E-state index contributed by atoms with van der Waals surface area (Å²) >= 11 is 0. The molecular weight excluding hydrogens is 1100 g/mol. The van der Waals surface area contributed by atoms with E-state index in [-0.39, 0.29) is 45.2 Å². The van der Waals surface area contributed by atoms with Crippen molar-refractivity contribution in [3.8, 4) is 17.2 Å². The molecule has 2 saturated carbocycles. The number of cyclic esters (lactones) is 1. The van der Waals surface area contributed by atoms with Gasteiger partial charge in [-0.05, 0) is 76.2 Å². The lowest BCUT2D eigenvalue weighted by molar-refractivity contribution is -0.385. The number of benzene rings is 2. The van der Waals surface area contributed by atoms with Crippen molar-refractivity contribution in [3.05, 3.63) is 113 Å². The van der Waals surface area contributed by atoms with Gasteiger partial charge >= 0.3 is 53.7 Å². The Balaban J connectivity index is 1.57. The number of aliphatic hydroxyl groups is 1. The average Bonchev–Trinajstić information content (AvgIpc) is 1.35. The van der Waals surface area contributed by atoms with Crippen molar-refractivity contribution in [1.29, 1.82) is 0 Å². The van der Waals surface area contributed by atoms with E-state index in [1.807, 2.05) is 0 Å². The molecular formula is C59H64N2O23. The molecule has 0 radical (unpaired) electrons. The van der Waals surface area contributed by atoms with Gasteiger partial charge in [-0.2, -0.15) is 0 Å². The Labute approximate surface area is 481 Å². The van der Waals surface area contributed by atoms with Crippen LogP contribution in [-0.4, -0.2) is 162 Å². The van der Waals surface area contributed by atoms with E-state index in [0.29, 0.717) is 0 Å².